The van der Waals surface area contributed by atoms with E-state index in [4.69, 9.17) is 56.8 Å². The Morgan fingerprint density at radius 3 is 1.46 bits per heavy atom. The van der Waals surface area contributed by atoms with Crippen molar-refractivity contribution in [3.63, 3.8) is 0 Å². The molecule has 65 heavy (non-hydrogen) atoms. The number of nitrogens with zero attached hydrogens (tertiary/aromatic N) is 1. The second-order valence-electron chi connectivity index (χ2n) is 16.3. The maximum absolute atomic E-state index is 12.8. The zero-order chi connectivity index (χ0) is 47.7. The van der Waals surface area contributed by atoms with Crippen molar-refractivity contribution in [2.24, 2.45) is 5.92 Å². The van der Waals surface area contributed by atoms with Crippen LogP contribution >= 0.6 is 0 Å². The average molecular weight is 922 g/mol. The van der Waals surface area contributed by atoms with E-state index in [0.717, 1.165) is 93.3 Å². The van der Waals surface area contributed by atoms with Crippen molar-refractivity contribution < 1.29 is 95.2 Å². The van der Waals surface area contributed by atoms with Gasteiger partial charge in [-0.25, -0.2) is 0 Å². The number of benzene rings is 1. The van der Waals surface area contributed by atoms with E-state index >= 15 is 0 Å². The van der Waals surface area contributed by atoms with Gasteiger partial charge in [-0.05, 0) is 62.7 Å². The van der Waals surface area contributed by atoms with Crippen LogP contribution in [0.3, 0.4) is 0 Å². The standard InChI is InChI=1S/C44H59NO20/c1-10-15-45-16-11-12-30-17-31-29(18-32(30)45)13-14-33(62-43-41(60-27(8)52)39(58-25(6)50)37(56-23(4)48)34(63-43)19-54-21(2)46)36(31)65-44-42(61-28(9)53)40(59-26(7)51)38(57-24(5)49)35(64-44)20-55-22(3)47/h13-14,30,32,34-35,37-44H,10-12,15-20H2,1-9H3/t30-,32-,34-,35-,37-,38-,39+,40+,41-,42-,43-,44+/m1/s1. The first-order valence-corrected chi connectivity index (χ1v) is 21.6. The van der Waals surface area contributed by atoms with Crippen LogP contribution in [0, 0.1) is 5.92 Å². The lowest BCUT2D eigenvalue weighted by Gasteiger charge is -2.46. The van der Waals surface area contributed by atoms with Gasteiger partial charge in [0.25, 0.3) is 0 Å². The SMILES string of the molecule is CCCN1CCC[C@@H]2Cc3c(ccc(O[C@@H]4O[C@H](COC(C)=O)[C@@H](OC(C)=O)[C@H](OC(C)=O)[C@H]4OC(C)=O)c3O[C@@H]3O[C@H](COC(C)=O)[C@@H](OC(C)=O)[C@H](OC(C)=O)[C@H]3OC(C)=O)C[C@H]21. The zero-order valence-corrected chi connectivity index (χ0v) is 38.1. The van der Waals surface area contributed by atoms with Gasteiger partial charge in [0, 0.05) is 67.0 Å². The van der Waals surface area contributed by atoms with E-state index in [9.17, 15) is 38.4 Å². The third-order valence-electron chi connectivity index (χ3n) is 11.1. The van der Waals surface area contributed by atoms with E-state index in [1.807, 2.05) is 6.07 Å². The first-order chi connectivity index (χ1) is 30.8. The zero-order valence-electron chi connectivity index (χ0n) is 38.1. The van der Waals surface area contributed by atoms with E-state index in [0.29, 0.717) is 18.4 Å². The van der Waals surface area contributed by atoms with Gasteiger partial charge in [0.05, 0.1) is 0 Å². The molecule has 1 aromatic rings. The first-order valence-electron chi connectivity index (χ1n) is 21.6. The van der Waals surface area contributed by atoms with E-state index in [1.165, 1.54) is 0 Å². The molecule has 0 amide bonds. The minimum atomic E-state index is -1.68. The molecule has 4 aliphatic rings. The topological polar surface area (TPSA) is 251 Å². The largest absolute Gasteiger partial charge is 0.463 e. The Morgan fingerprint density at radius 1 is 0.569 bits per heavy atom. The maximum atomic E-state index is 12.8. The van der Waals surface area contributed by atoms with Gasteiger partial charge >= 0.3 is 47.8 Å². The third-order valence-corrected chi connectivity index (χ3v) is 11.1. The smallest absolute Gasteiger partial charge is 0.303 e. The summed E-state index contributed by atoms with van der Waals surface area (Å²) in [6, 6.07) is 3.60. The molecule has 0 unspecified atom stereocenters. The first kappa shape index (κ1) is 50.5. The molecule has 3 fully saturated rings. The average Bonchev–Trinajstić information content (AvgIpc) is 3.20. The Hall–Kier alpha value is -5.54. The summed E-state index contributed by atoms with van der Waals surface area (Å²) in [7, 11) is 0. The van der Waals surface area contributed by atoms with Gasteiger partial charge in [0.1, 0.15) is 25.4 Å². The van der Waals surface area contributed by atoms with Crippen molar-refractivity contribution >= 4 is 47.8 Å². The van der Waals surface area contributed by atoms with Crippen molar-refractivity contribution in [3.05, 3.63) is 23.3 Å². The molecule has 1 aliphatic carbocycles. The van der Waals surface area contributed by atoms with Crippen molar-refractivity contribution in [2.75, 3.05) is 26.3 Å². The van der Waals surface area contributed by atoms with Crippen LogP contribution in [0.1, 0.15) is 92.7 Å². The normalized spacial score (nSPS) is 29.6. The molecular formula is C44H59NO20. The van der Waals surface area contributed by atoms with Crippen molar-refractivity contribution in [2.45, 2.75) is 162 Å². The number of likely N-dealkylation sites (tertiary alicyclic amines) is 1. The molecule has 1 aromatic carbocycles. The van der Waals surface area contributed by atoms with E-state index < -0.39 is 122 Å². The Morgan fingerprint density at radius 2 is 1.02 bits per heavy atom. The number of carbonyl (C=O) groups excluding carboxylic acids is 8. The number of fused-ring (bicyclic) bond motifs is 2. The molecule has 21 nitrogen and oxygen atoms in total. The van der Waals surface area contributed by atoms with Crippen molar-refractivity contribution in [1.82, 2.24) is 4.90 Å². The lowest BCUT2D eigenvalue weighted by atomic mass is 9.75. The number of piperidine rings is 1. The molecule has 0 saturated carbocycles. The Balaban J connectivity index is 1.69. The third kappa shape index (κ3) is 13.3. The lowest BCUT2D eigenvalue weighted by Crippen LogP contribution is -2.64. The summed E-state index contributed by atoms with van der Waals surface area (Å²) in [5.41, 5.74) is 1.52. The highest BCUT2D eigenvalue weighted by Gasteiger charge is 2.56. The summed E-state index contributed by atoms with van der Waals surface area (Å²) in [6.07, 6.45) is -11.5. The molecule has 3 saturated heterocycles. The van der Waals surface area contributed by atoms with Crippen molar-refractivity contribution in [3.8, 4) is 11.5 Å². The van der Waals surface area contributed by atoms with Gasteiger partial charge in [-0.15, -0.1) is 0 Å². The molecule has 12 atom stereocenters. The lowest BCUT2D eigenvalue weighted by molar-refractivity contribution is -0.292. The molecule has 3 aliphatic heterocycles. The summed E-state index contributed by atoms with van der Waals surface area (Å²) in [5, 5.41) is 0. The molecule has 21 heteroatoms. The minimum Gasteiger partial charge on any atom is -0.463 e. The number of ether oxygens (including phenoxy) is 12. The number of rotatable bonds is 16. The van der Waals surface area contributed by atoms with Crippen LogP contribution in [0.4, 0.5) is 0 Å². The molecule has 5 rings (SSSR count). The number of hydrogen-bond acceptors (Lipinski definition) is 21. The summed E-state index contributed by atoms with van der Waals surface area (Å²) >= 11 is 0. The molecule has 0 N–H and O–H groups in total. The maximum Gasteiger partial charge on any atom is 0.303 e. The second kappa shape index (κ2) is 22.6. The van der Waals surface area contributed by atoms with E-state index in [2.05, 4.69) is 11.8 Å². The Labute approximate surface area is 376 Å². The van der Waals surface area contributed by atoms with Gasteiger partial charge in [-0.1, -0.05) is 13.0 Å². The van der Waals surface area contributed by atoms with E-state index in [1.54, 1.807) is 6.07 Å². The van der Waals surface area contributed by atoms with Crippen LogP contribution in [-0.2, 0) is 98.6 Å². The summed E-state index contributed by atoms with van der Waals surface area (Å²) in [6.45, 7) is 11.8. The minimum absolute atomic E-state index is 0.0299. The van der Waals surface area contributed by atoms with Gasteiger partial charge < -0.3 is 56.8 Å². The fourth-order valence-electron chi connectivity index (χ4n) is 8.89. The van der Waals surface area contributed by atoms with Gasteiger partial charge in [-0.2, -0.15) is 0 Å². The fraction of sp³-hybridized carbons (Fsp3) is 0.682. The van der Waals surface area contributed by atoms with Crippen molar-refractivity contribution in [1.29, 1.82) is 0 Å². The van der Waals surface area contributed by atoms with E-state index in [-0.39, 0.29) is 23.5 Å². The fourth-order valence-corrected chi connectivity index (χ4v) is 8.89. The second-order valence-corrected chi connectivity index (χ2v) is 16.3. The number of carbonyl (C=O) groups is 8. The van der Waals surface area contributed by atoms with Gasteiger partial charge in [0.15, 0.2) is 35.9 Å². The monoisotopic (exact) mass is 921 g/mol. The van der Waals surface area contributed by atoms with Gasteiger partial charge in [-0.3, -0.25) is 43.3 Å². The number of hydrogen-bond donors (Lipinski definition) is 0. The van der Waals surface area contributed by atoms with Crippen LogP contribution in [0.15, 0.2) is 12.1 Å². The molecule has 0 radical (unpaired) electrons. The van der Waals surface area contributed by atoms with Crippen LogP contribution < -0.4 is 9.47 Å². The van der Waals surface area contributed by atoms with Crippen LogP contribution in [0.5, 0.6) is 11.5 Å². The molecule has 0 aromatic heterocycles. The highest BCUT2D eigenvalue weighted by Crippen LogP contribution is 2.46. The summed E-state index contributed by atoms with van der Waals surface area (Å²) < 4.78 is 70.3. The quantitative estimate of drug-likeness (QED) is 0.170. The highest BCUT2D eigenvalue weighted by molar-refractivity contribution is 5.70. The molecule has 3 heterocycles. The summed E-state index contributed by atoms with van der Waals surface area (Å²) in [5.74, 6) is -6.36. The molecule has 0 bridgehead atoms. The van der Waals surface area contributed by atoms with Crippen LogP contribution in [-0.4, -0.2) is 146 Å². The number of esters is 8. The van der Waals surface area contributed by atoms with Crippen LogP contribution in [0.2, 0.25) is 0 Å². The predicted molar refractivity (Wildman–Crippen MR) is 217 cm³/mol. The molecular weight excluding hydrogens is 862 g/mol. The van der Waals surface area contributed by atoms with Gasteiger partial charge in [0.2, 0.25) is 24.8 Å². The Bertz CT molecular complexity index is 1930. The molecule has 0 spiro atoms. The Kier molecular flexibility index (Phi) is 17.5. The highest BCUT2D eigenvalue weighted by atomic mass is 16.8. The predicted octanol–water partition coefficient (Wildman–Crippen LogP) is 2.20. The summed E-state index contributed by atoms with van der Waals surface area (Å²) in [4.78, 5) is 102. The van der Waals surface area contributed by atoms with Crippen LogP contribution in [0.25, 0.3) is 0 Å². The molecule has 360 valence electrons.